The first kappa shape index (κ1) is 12.4. The average Bonchev–Trinajstić information content (AvgIpc) is 2.60. The molecular formula is C13H19NO2S. The highest BCUT2D eigenvalue weighted by Gasteiger charge is 2.11. The smallest absolute Gasteiger partial charge is 0.163 e. The number of hydrogen-bond acceptors (Lipinski definition) is 4. The number of nitrogens with zero attached hydrogens (tertiary/aromatic N) is 1. The van der Waals surface area contributed by atoms with Gasteiger partial charge in [0.15, 0.2) is 11.5 Å². The van der Waals surface area contributed by atoms with Gasteiger partial charge in [0.2, 0.25) is 0 Å². The molecule has 0 atom stereocenters. The molecule has 0 spiro atoms. The molecule has 1 aromatic rings. The van der Waals surface area contributed by atoms with Gasteiger partial charge in [0.1, 0.15) is 0 Å². The number of rotatable bonds is 4. The summed E-state index contributed by atoms with van der Waals surface area (Å²) in [6.45, 7) is 2.47. The second-order valence-corrected chi connectivity index (χ2v) is 4.63. The molecule has 3 nitrogen and oxygen atoms in total. The molecule has 1 aliphatic heterocycles. The summed E-state index contributed by atoms with van der Waals surface area (Å²) in [5, 5.41) is 0. The molecule has 0 saturated heterocycles. The highest BCUT2D eigenvalue weighted by molar-refractivity contribution is 7.80. The van der Waals surface area contributed by atoms with E-state index >= 15 is 0 Å². The van der Waals surface area contributed by atoms with Gasteiger partial charge in [0, 0.05) is 31.8 Å². The van der Waals surface area contributed by atoms with E-state index in [4.69, 9.17) is 9.47 Å². The Morgan fingerprint density at radius 1 is 1.24 bits per heavy atom. The summed E-state index contributed by atoms with van der Waals surface area (Å²) in [7, 11) is 2.09. The fraction of sp³-hybridized carbons (Fsp3) is 0.538. The standard InChI is InChI=1S/C13H19NO2S/c1-14(6-2-9-17)11-4-5-12-13(10-11)16-8-3-7-15-12/h4-5,10,17H,2-3,6-9H2,1H3. The highest BCUT2D eigenvalue weighted by Crippen LogP contribution is 2.33. The van der Waals surface area contributed by atoms with Crippen molar-refractivity contribution >= 4 is 18.3 Å². The maximum absolute atomic E-state index is 5.68. The van der Waals surface area contributed by atoms with Crippen LogP contribution in [0.5, 0.6) is 11.5 Å². The average molecular weight is 253 g/mol. The first-order valence-electron chi connectivity index (χ1n) is 6.03. The summed E-state index contributed by atoms with van der Waals surface area (Å²) in [5.41, 5.74) is 1.16. The number of benzene rings is 1. The van der Waals surface area contributed by atoms with Crippen molar-refractivity contribution in [3.63, 3.8) is 0 Å². The Bertz CT molecular complexity index is 370. The van der Waals surface area contributed by atoms with Crippen molar-refractivity contribution < 1.29 is 9.47 Å². The Morgan fingerprint density at radius 2 is 2.00 bits per heavy atom. The number of thiol groups is 1. The lowest BCUT2D eigenvalue weighted by Crippen LogP contribution is -2.18. The molecule has 0 bridgehead atoms. The van der Waals surface area contributed by atoms with Gasteiger partial charge in [-0.15, -0.1) is 0 Å². The van der Waals surface area contributed by atoms with E-state index in [2.05, 4.69) is 36.7 Å². The summed E-state index contributed by atoms with van der Waals surface area (Å²) in [5.74, 6) is 2.63. The van der Waals surface area contributed by atoms with E-state index in [1.54, 1.807) is 0 Å². The maximum Gasteiger partial charge on any atom is 0.163 e. The van der Waals surface area contributed by atoms with Crippen LogP contribution < -0.4 is 14.4 Å². The van der Waals surface area contributed by atoms with E-state index < -0.39 is 0 Å². The SMILES string of the molecule is CN(CCCS)c1ccc2c(c1)OCCCO2. The fourth-order valence-corrected chi connectivity index (χ4v) is 1.97. The molecule has 2 rings (SSSR count). The van der Waals surface area contributed by atoms with Crippen molar-refractivity contribution in [3.05, 3.63) is 18.2 Å². The van der Waals surface area contributed by atoms with E-state index in [-0.39, 0.29) is 0 Å². The molecule has 4 heteroatoms. The monoisotopic (exact) mass is 253 g/mol. The van der Waals surface area contributed by atoms with Crippen LogP contribution in [0, 0.1) is 0 Å². The second-order valence-electron chi connectivity index (χ2n) is 4.18. The lowest BCUT2D eigenvalue weighted by atomic mass is 10.2. The minimum atomic E-state index is 0.733. The van der Waals surface area contributed by atoms with Crippen LogP contribution in [-0.4, -0.2) is 32.6 Å². The van der Waals surface area contributed by atoms with E-state index in [1.807, 2.05) is 6.07 Å². The lowest BCUT2D eigenvalue weighted by molar-refractivity contribution is 0.297. The number of fused-ring (bicyclic) bond motifs is 1. The molecule has 17 heavy (non-hydrogen) atoms. The Balaban J connectivity index is 2.11. The molecule has 0 aromatic heterocycles. The van der Waals surface area contributed by atoms with Crippen molar-refractivity contribution in [2.24, 2.45) is 0 Å². The van der Waals surface area contributed by atoms with Gasteiger partial charge in [0.25, 0.3) is 0 Å². The highest BCUT2D eigenvalue weighted by atomic mass is 32.1. The first-order chi connectivity index (χ1) is 8.31. The minimum Gasteiger partial charge on any atom is -0.490 e. The van der Waals surface area contributed by atoms with Gasteiger partial charge in [-0.1, -0.05) is 0 Å². The normalized spacial score (nSPS) is 14.2. The molecule has 0 radical (unpaired) electrons. The Labute approximate surface area is 108 Å². The van der Waals surface area contributed by atoms with Crippen molar-refractivity contribution in [1.82, 2.24) is 0 Å². The van der Waals surface area contributed by atoms with Crippen LogP contribution in [0.2, 0.25) is 0 Å². The van der Waals surface area contributed by atoms with Crippen molar-refractivity contribution in [1.29, 1.82) is 0 Å². The van der Waals surface area contributed by atoms with Crippen LogP contribution >= 0.6 is 12.6 Å². The Kier molecular flexibility index (Phi) is 4.42. The quantitative estimate of drug-likeness (QED) is 0.834. The van der Waals surface area contributed by atoms with Crippen LogP contribution in [0.25, 0.3) is 0 Å². The summed E-state index contributed by atoms with van der Waals surface area (Å²) in [6.07, 6.45) is 2.02. The molecule has 1 aliphatic rings. The Hall–Kier alpha value is -1.03. The van der Waals surface area contributed by atoms with Gasteiger partial charge in [-0.2, -0.15) is 12.6 Å². The molecule has 1 aromatic carbocycles. The zero-order valence-electron chi connectivity index (χ0n) is 10.2. The van der Waals surface area contributed by atoms with Crippen molar-refractivity contribution in [2.75, 3.05) is 37.5 Å². The molecule has 0 saturated carbocycles. The predicted molar refractivity (Wildman–Crippen MR) is 73.8 cm³/mol. The third-order valence-corrected chi connectivity index (χ3v) is 3.14. The molecule has 0 fully saturated rings. The summed E-state index contributed by atoms with van der Waals surface area (Å²) in [4.78, 5) is 2.21. The van der Waals surface area contributed by atoms with E-state index in [1.165, 1.54) is 0 Å². The van der Waals surface area contributed by atoms with E-state index in [0.717, 1.165) is 55.5 Å². The van der Waals surface area contributed by atoms with Gasteiger partial charge in [0.05, 0.1) is 13.2 Å². The number of ether oxygens (including phenoxy) is 2. The number of hydrogen-bond donors (Lipinski definition) is 1. The molecule has 0 aliphatic carbocycles. The minimum absolute atomic E-state index is 0.733. The second kappa shape index (κ2) is 6.05. The van der Waals surface area contributed by atoms with Crippen LogP contribution in [-0.2, 0) is 0 Å². The van der Waals surface area contributed by atoms with Gasteiger partial charge in [-0.05, 0) is 24.3 Å². The van der Waals surface area contributed by atoms with E-state index in [0.29, 0.717) is 0 Å². The molecule has 1 heterocycles. The summed E-state index contributed by atoms with van der Waals surface area (Å²) in [6, 6.07) is 6.12. The zero-order valence-corrected chi connectivity index (χ0v) is 11.1. The fourth-order valence-electron chi connectivity index (χ4n) is 1.83. The molecular weight excluding hydrogens is 234 g/mol. The first-order valence-corrected chi connectivity index (χ1v) is 6.66. The van der Waals surface area contributed by atoms with E-state index in [9.17, 15) is 0 Å². The Morgan fingerprint density at radius 3 is 2.76 bits per heavy atom. The predicted octanol–water partition coefficient (Wildman–Crippen LogP) is 2.60. The molecule has 94 valence electrons. The van der Waals surface area contributed by atoms with Gasteiger partial charge in [-0.25, -0.2) is 0 Å². The van der Waals surface area contributed by atoms with Crippen LogP contribution in [0.3, 0.4) is 0 Å². The van der Waals surface area contributed by atoms with Crippen LogP contribution in [0.15, 0.2) is 18.2 Å². The summed E-state index contributed by atoms with van der Waals surface area (Å²) >= 11 is 4.23. The van der Waals surface area contributed by atoms with Gasteiger partial charge < -0.3 is 14.4 Å². The van der Waals surface area contributed by atoms with Gasteiger partial charge in [-0.3, -0.25) is 0 Å². The number of anilines is 1. The topological polar surface area (TPSA) is 21.7 Å². The van der Waals surface area contributed by atoms with Gasteiger partial charge >= 0.3 is 0 Å². The van der Waals surface area contributed by atoms with Crippen molar-refractivity contribution in [3.8, 4) is 11.5 Å². The lowest BCUT2D eigenvalue weighted by Gasteiger charge is -2.20. The summed E-state index contributed by atoms with van der Waals surface area (Å²) < 4.78 is 11.3. The molecule has 0 amide bonds. The zero-order chi connectivity index (χ0) is 12.1. The third-order valence-electron chi connectivity index (χ3n) is 2.82. The van der Waals surface area contributed by atoms with Crippen LogP contribution in [0.1, 0.15) is 12.8 Å². The largest absolute Gasteiger partial charge is 0.490 e. The third kappa shape index (κ3) is 3.22. The maximum atomic E-state index is 5.68. The molecule has 0 unspecified atom stereocenters. The molecule has 0 N–H and O–H groups in total. The van der Waals surface area contributed by atoms with Crippen LogP contribution in [0.4, 0.5) is 5.69 Å². The van der Waals surface area contributed by atoms with Crippen molar-refractivity contribution in [2.45, 2.75) is 12.8 Å².